The molecule has 0 aliphatic carbocycles. The molecule has 1 saturated heterocycles. The minimum Gasteiger partial charge on any atom is -0.441 e. The van der Waals surface area contributed by atoms with E-state index in [2.05, 4.69) is 15.6 Å². The summed E-state index contributed by atoms with van der Waals surface area (Å²) in [4.78, 5) is 16.2. The highest BCUT2D eigenvalue weighted by Crippen LogP contribution is 2.20. The molecule has 1 aromatic carbocycles. The summed E-state index contributed by atoms with van der Waals surface area (Å²) >= 11 is 0. The Labute approximate surface area is 129 Å². The van der Waals surface area contributed by atoms with Gasteiger partial charge in [-0.25, -0.2) is 4.98 Å². The lowest BCUT2D eigenvalue weighted by Gasteiger charge is -2.09. The molecule has 0 radical (unpaired) electrons. The Bertz CT molecular complexity index is 594. The van der Waals surface area contributed by atoms with Crippen molar-refractivity contribution in [2.24, 2.45) is 5.92 Å². The van der Waals surface area contributed by atoms with E-state index < -0.39 is 0 Å². The number of carbonyl (C=O) groups is 1. The molecule has 0 saturated carbocycles. The summed E-state index contributed by atoms with van der Waals surface area (Å²) in [6.45, 7) is 3.48. The number of nitrogens with zero attached hydrogens (tertiary/aromatic N) is 1. The zero-order valence-corrected chi connectivity index (χ0v) is 12.6. The van der Waals surface area contributed by atoms with Gasteiger partial charge in [0.15, 0.2) is 11.5 Å². The van der Waals surface area contributed by atoms with Crippen LogP contribution in [0.15, 0.2) is 22.6 Å². The number of halogens is 2. The fourth-order valence-corrected chi connectivity index (χ4v) is 2.24. The number of aromatic nitrogens is 1. The molecule has 110 valence electrons. The number of fused-ring (bicyclic) bond motifs is 1. The van der Waals surface area contributed by atoms with Gasteiger partial charge in [-0.15, -0.1) is 24.8 Å². The molecular weight excluding hydrogens is 301 g/mol. The number of oxazole rings is 1. The lowest BCUT2D eigenvalue weighted by Crippen LogP contribution is -2.24. The molecular formula is C13H17Cl2N3O2. The second-order valence-electron chi connectivity index (χ2n) is 4.59. The monoisotopic (exact) mass is 317 g/mol. The highest BCUT2D eigenvalue weighted by atomic mass is 35.5. The van der Waals surface area contributed by atoms with Gasteiger partial charge in [0.2, 0.25) is 5.91 Å². The lowest BCUT2D eigenvalue weighted by atomic mass is 10.1. The van der Waals surface area contributed by atoms with Crippen LogP contribution in [0.2, 0.25) is 0 Å². The molecule has 1 unspecified atom stereocenters. The summed E-state index contributed by atoms with van der Waals surface area (Å²) in [6.07, 6.45) is 0.898. The number of rotatable bonds is 2. The Morgan fingerprint density at radius 3 is 2.95 bits per heavy atom. The summed E-state index contributed by atoms with van der Waals surface area (Å²) in [5.74, 6) is 0.765. The van der Waals surface area contributed by atoms with E-state index in [1.807, 2.05) is 25.1 Å². The first kappa shape index (κ1) is 16.8. The van der Waals surface area contributed by atoms with Crippen molar-refractivity contribution in [3.05, 3.63) is 24.1 Å². The van der Waals surface area contributed by atoms with Crippen LogP contribution in [-0.4, -0.2) is 24.0 Å². The van der Waals surface area contributed by atoms with Crippen molar-refractivity contribution in [3.63, 3.8) is 0 Å². The predicted octanol–water partition coefficient (Wildman–Crippen LogP) is 2.53. The molecule has 1 aromatic heterocycles. The summed E-state index contributed by atoms with van der Waals surface area (Å²) in [5.41, 5.74) is 2.28. The largest absolute Gasteiger partial charge is 0.441 e. The molecule has 5 nitrogen and oxygen atoms in total. The maximum Gasteiger partial charge on any atom is 0.228 e. The Kier molecular flexibility index (Phi) is 5.80. The van der Waals surface area contributed by atoms with Gasteiger partial charge >= 0.3 is 0 Å². The van der Waals surface area contributed by atoms with Crippen LogP contribution >= 0.6 is 24.8 Å². The van der Waals surface area contributed by atoms with E-state index in [1.54, 1.807) is 0 Å². The van der Waals surface area contributed by atoms with Crippen molar-refractivity contribution in [2.75, 3.05) is 18.4 Å². The number of hydrogen-bond donors (Lipinski definition) is 2. The van der Waals surface area contributed by atoms with Crippen LogP contribution in [0.25, 0.3) is 11.1 Å². The van der Waals surface area contributed by atoms with Gasteiger partial charge < -0.3 is 15.1 Å². The SMILES string of the molecule is Cc1nc2ccc(NC(=O)C3CCNC3)cc2o1.Cl.Cl. The normalized spacial score (nSPS) is 17.4. The Hall–Kier alpha value is -1.30. The highest BCUT2D eigenvalue weighted by Gasteiger charge is 2.22. The summed E-state index contributed by atoms with van der Waals surface area (Å²) in [7, 11) is 0. The summed E-state index contributed by atoms with van der Waals surface area (Å²) in [5, 5.41) is 6.10. The molecule has 0 spiro atoms. The van der Waals surface area contributed by atoms with Gasteiger partial charge in [-0.3, -0.25) is 4.79 Å². The van der Waals surface area contributed by atoms with E-state index in [9.17, 15) is 4.79 Å². The second-order valence-corrected chi connectivity index (χ2v) is 4.59. The van der Waals surface area contributed by atoms with Crippen molar-refractivity contribution in [1.82, 2.24) is 10.3 Å². The molecule has 1 atom stereocenters. The number of benzene rings is 1. The van der Waals surface area contributed by atoms with E-state index in [1.165, 1.54) is 0 Å². The summed E-state index contributed by atoms with van der Waals surface area (Å²) < 4.78 is 5.44. The molecule has 20 heavy (non-hydrogen) atoms. The first-order valence-corrected chi connectivity index (χ1v) is 6.11. The van der Waals surface area contributed by atoms with Gasteiger partial charge in [-0.2, -0.15) is 0 Å². The quantitative estimate of drug-likeness (QED) is 0.893. The van der Waals surface area contributed by atoms with E-state index in [-0.39, 0.29) is 36.6 Å². The molecule has 3 rings (SSSR count). The maximum absolute atomic E-state index is 12.0. The average Bonchev–Trinajstić information content (AvgIpc) is 2.95. The topological polar surface area (TPSA) is 67.2 Å². The second kappa shape index (κ2) is 6.92. The van der Waals surface area contributed by atoms with E-state index in [0.717, 1.165) is 30.7 Å². The number of nitrogens with one attached hydrogen (secondary N) is 2. The first-order valence-electron chi connectivity index (χ1n) is 6.11. The van der Waals surface area contributed by atoms with Gasteiger partial charge in [-0.05, 0) is 25.1 Å². The zero-order chi connectivity index (χ0) is 12.5. The van der Waals surface area contributed by atoms with Crippen LogP contribution in [0.3, 0.4) is 0 Å². The smallest absolute Gasteiger partial charge is 0.228 e. The molecule has 1 aliphatic heterocycles. The minimum absolute atomic E-state index is 0. The predicted molar refractivity (Wildman–Crippen MR) is 82.8 cm³/mol. The third-order valence-electron chi connectivity index (χ3n) is 3.19. The van der Waals surface area contributed by atoms with Crippen LogP contribution in [0.1, 0.15) is 12.3 Å². The Balaban J connectivity index is 0.000001000. The average molecular weight is 318 g/mol. The maximum atomic E-state index is 12.0. The number of anilines is 1. The molecule has 1 amide bonds. The molecule has 0 bridgehead atoms. The van der Waals surface area contributed by atoms with E-state index in [4.69, 9.17) is 4.42 Å². The zero-order valence-electron chi connectivity index (χ0n) is 11.0. The first-order chi connectivity index (χ1) is 8.72. The third-order valence-corrected chi connectivity index (χ3v) is 3.19. The van der Waals surface area contributed by atoms with Crippen molar-refractivity contribution in [3.8, 4) is 0 Å². The number of amides is 1. The van der Waals surface area contributed by atoms with E-state index >= 15 is 0 Å². The fraction of sp³-hybridized carbons (Fsp3) is 0.385. The molecule has 1 fully saturated rings. The van der Waals surface area contributed by atoms with Crippen LogP contribution in [-0.2, 0) is 4.79 Å². The molecule has 1 aliphatic rings. The van der Waals surface area contributed by atoms with Crippen molar-refractivity contribution in [2.45, 2.75) is 13.3 Å². The van der Waals surface area contributed by atoms with Gasteiger partial charge in [0.1, 0.15) is 5.52 Å². The molecule has 2 heterocycles. The summed E-state index contributed by atoms with van der Waals surface area (Å²) in [6, 6.07) is 5.52. The van der Waals surface area contributed by atoms with Crippen molar-refractivity contribution in [1.29, 1.82) is 0 Å². The van der Waals surface area contributed by atoms with Gasteiger partial charge in [0, 0.05) is 25.2 Å². The highest BCUT2D eigenvalue weighted by molar-refractivity contribution is 5.94. The Morgan fingerprint density at radius 2 is 2.25 bits per heavy atom. The fourth-order valence-electron chi connectivity index (χ4n) is 2.24. The minimum atomic E-state index is 0. The molecule has 7 heteroatoms. The van der Waals surface area contributed by atoms with Crippen molar-refractivity contribution < 1.29 is 9.21 Å². The van der Waals surface area contributed by atoms with Crippen LogP contribution in [0.5, 0.6) is 0 Å². The lowest BCUT2D eigenvalue weighted by molar-refractivity contribution is -0.119. The number of carbonyl (C=O) groups excluding carboxylic acids is 1. The van der Waals surface area contributed by atoms with Crippen LogP contribution < -0.4 is 10.6 Å². The van der Waals surface area contributed by atoms with Gasteiger partial charge in [0.05, 0.1) is 5.92 Å². The van der Waals surface area contributed by atoms with Crippen LogP contribution in [0, 0.1) is 12.8 Å². The molecule has 2 N–H and O–H groups in total. The molecule has 2 aromatic rings. The third kappa shape index (κ3) is 3.42. The standard InChI is InChI=1S/C13H15N3O2.2ClH/c1-8-15-11-3-2-10(6-12(11)18-8)16-13(17)9-4-5-14-7-9;;/h2-3,6,9,14H,4-5,7H2,1H3,(H,16,17);2*1H. The number of aryl methyl sites for hydroxylation is 1. The van der Waals surface area contributed by atoms with Crippen molar-refractivity contribution >= 4 is 47.5 Å². The van der Waals surface area contributed by atoms with E-state index in [0.29, 0.717) is 11.5 Å². The van der Waals surface area contributed by atoms with Gasteiger partial charge in [-0.1, -0.05) is 0 Å². The van der Waals surface area contributed by atoms with Crippen LogP contribution in [0.4, 0.5) is 5.69 Å². The Morgan fingerprint density at radius 1 is 1.45 bits per heavy atom. The number of hydrogen-bond acceptors (Lipinski definition) is 4. The van der Waals surface area contributed by atoms with Gasteiger partial charge in [0.25, 0.3) is 0 Å².